The van der Waals surface area contributed by atoms with E-state index in [1.165, 1.54) is 0 Å². The van der Waals surface area contributed by atoms with Crippen molar-refractivity contribution in [1.82, 2.24) is 25.1 Å². The van der Waals surface area contributed by atoms with Gasteiger partial charge in [0, 0.05) is 63.8 Å². The lowest BCUT2D eigenvalue weighted by molar-refractivity contribution is -0.150. The molecule has 2 amide bonds. The number of hydrogen-bond acceptors (Lipinski definition) is 7. The first kappa shape index (κ1) is 34.7. The van der Waals surface area contributed by atoms with Gasteiger partial charge in [-0.2, -0.15) is 0 Å². The molecule has 4 aromatic rings. The van der Waals surface area contributed by atoms with Gasteiger partial charge >= 0.3 is 11.9 Å². The van der Waals surface area contributed by atoms with Crippen LogP contribution in [0, 0.1) is 0 Å². The van der Waals surface area contributed by atoms with Crippen LogP contribution in [0.1, 0.15) is 48.9 Å². The second-order valence-corrected chi connectivity index (χ2v) is 11.0. The molecule has 0 aliphatic carbocycles. The van der Waals surface area contributed by atoms with E-state index in [4.69, 9.17) is 9.47 Å². The Balaban J connectivity index is 1.08. The number of carbonyl (C=O) groups is 4. The Morgan fingerprint density at radius 2 is 0.915 bits per heavy atom. The largest absolute Gasteiger partial charge is 0.459 e. The van der Waals surface area contributed by atoms with Crippen LogP contribution < -0.4 is 16.0 Å². The van der Waals surface area contributed by atoms with Gasteiger partial charge in [0.1, 0.15) is 25.3 Å². The molecule has 2 aromatic carbocycles. The number of nitrogens with zero attached hydrogens (tertiary/aromatic N) is 2. The number of nitrogens with one attached hydrogen (secondary N) is 3. The molecule has 0 spiro atoms. The molecule has 2 heterocycles. The number of hydrogen-bond donors (Lipinski definition) is 3. The van der Waals surface area contributed by atoms with Crippen LogP contribution in [-0.4, -0.2) is 59.1 Å². The summed E-state index contributed by atoms with van der Waals surface area (Å²) in [5.74, 6) is -1.09. The zero-order valence-corrected chi connectivity index (χ0v) is 26.5. The van der Waals surface area contributed by atoms with E-state index in [-0.39, 0.29) is 49.8 Å². The lowest BCUT2D eigenvalue weighted by Crippen LogP contribution is -2.36. The first-order chi connectivity index (χ1) is 23.0. The Labute approximate surface area is 275 Å². The normalized spacial score (nSPS) is 12.1. The third-order valence-corrected chi connectivity index (χ3v) is 7.50. The summed E-state index contributed by atoms with van der Waals surface area (Å²) in [5, 5.41) is 8.91. The van der Waals surface area contributed by atoms with Gasteiger partial charge in [0.25, 0.3) is 0 Å². The molecule has 3 N–H and O–H groups in total. The molecule has 0 unspecified atom stereocenters. The van der Waals surface area contributed by atoms with E-state index in [0.29, 0.717) is 39.0 Å². The molecule has 0 saturated heterocycles. The fourth-order valence-electron chi connectivity index (χ4n) is 4.96. The highest BCUT2D eigenvalue weighted by Gasteiger charge is 2.23. The predicted octanol–water partition coefficient (Wildman–Crippen LogP) is 3.94. The molecule has 4 rings (SSSR count). The van der Waals surface area contributed by atoms with Crippen LogP contribution in [-0.2, 0) is 41.9 Å². The summed E-state index contributed by atoms with van der Waals surface area (Å²) in [4.78, 5) is 50.6. The quantitative estimate of drug-likeness (QED) is 0.0984. The van der Waals surface area contributed by atoms with Gasteiger partial charge in [-0.25, -0.2) is 9.59 Å². The molecule has 248 valence electrons. The highest BCUT2D eigenvalue weighted by Crippen LogP contribution is 2.19. The molecule has 0 aliphatic rings. The molecule has 11 nitrogen and oxygen atoms in total. The SMILES string of the molecule is O=C(CC[C@@H](C(=O)OCc1ccccc1)n1cccc1)NCCNCCNC(=O)CC[C@@H](C(=O)OCc1ccccc1)n1cccc1. The summed E-state index contributed by atoms with van der Waals surface area (Å²) >= 11 is 0. The van der Waals surface area contributed by atoms with Gasteiger partial charge in [0.05, 0.1) is 0 Å². The Bertz CT molecular complexity index is 1380. The molecule has 47 heavy (non-hydrogen) atoms. The van der Waals surface area contributed by atoms with E-state index in [1.807, 2.05) is 84.9 Å². The molecule has 0 aliphatic heterocycles. The minimum atomic E-state index is -0.598. The lowest BCUT2D eigenvalue weighted by atomic mass is 10.1. The monoisotopic (exact) mass is 641 g/mol. The summed E-state index contributed by atoms with van der Waals surface area (Å²) < 4.78 is 14.6. The van der Waals surface area contributed by atoms with E-state index in [1.54, 1.807) is 33.9 Å². The molecule has 0 bridgehead atoms. The van der Waals surface area contributed by atoms with Crippen molar-refractivity contribution in [2.24, 2.45) is 0 Å². The highest BCUT2D eigenvalue weighted by atomic mass is 16.5. The van der Waals surface area contributed by atoms with Crippen LogP contribution in [0.15, 0.2) is 110 Å². The van der Waals surface area contributed by atoms with E-state index in [9.17, 15) is 19.2 Å². The number of benzene rings is 2. The zero-order chi connectivity index (χ0) is 33.1. The average Bonchev–Trinajstić information content (AvgIpc) is 3.83. The van der Waals surface area contributed by atoms with Crippen LogP contribution in [0.3, 0.4) is 0 Å². The maximum absolute atomic E-state index is 12.8. The number of carbonyl (C=O) groups excluding carboxylic acids is 4. The van der Waals surface area contributed by atoms with Crippen molar-refractivity contribution in [1.29, 1.82) is 0 Å². The minimum absolute atomic E-state index is 0.160. The van der Waals surface area contributed by atoms with Crippen molar-refractivity contribution < 1.29 is 28.7 Å². The highest BCUT2D eigenvalue weighted by molar-refractivity contribution is 5.79. The Morgan fingerprint density at radius 3 is 1.30 bits per heavy atom. The van der Waals surface area contributed by atoms with Crippen LogP contribution in [0.5, 0.6) is 0 Å². The summed E-state index contributed by atoms with van der Waals surface area (Å²) in [6.45, 7) is 2.20. The summed E-state index contributed by atoms with van der Waals surface area (Å²) in [6.07, 6.45) is 8.11. The average molecular weight is 642 g/mol. The molecule has 11 heteroatoms. The fraction of sp³-hybridized carbons (Fsp3) is 0.333. The minimum Gasteiger partial charge on any atom is -0.459 e. The van der Waals surface area contributed by atoms with Gasteiger partial charge in [-0.05, 0) is 48.2 Å². The van der Waals surface area contributed by atoms with Gasteiger partial charge in [0.15, 0.2) is 0 Å². The van der Waals surface area contributed by atoms with E-state index in [0.717, 1.165) is 11.1 Å². The van der Waals surface area contributed by atoms with Gasteiger partial charge in [0.2, 0.25) is 11.8 Å². The molecule has 0 radical (unpaired) electrons. The zero-order valence-electron chi connectivity index (χ0n) is 26.5. The third-order valence-electron chi connectivity index (χ3n) is 7.50. The molecule has 2 atom stereocenters. The second kappa shape index (κ2) is 19.4. The maximum atomic E-state index is 12.8. The summed E-state index contributed by atoms with van der Waals surface area (Å²) in [5.41, 5.74) is 1.80. The summed E-state index contributed by atoms with van der Waals surface area (Å²) in [7, 11) is 0. The molecular formula is C36H43N5O6. The fourth-order valence-corrected chi connectivity index (χ4v) is 4.96. The third kappa shape index (κ3) is 12.3. The van der Waals surface area contributed by atoms with Crippen molar-refractivity contribution >= 4 is 23.8 Å². The maximum Gasteiger partial charge on any atom is 0.329 e. The molecular weight excluding hydrogens is 598 g/mol. The van der Waals surface area contributed by atoms with Gasteiger partial charge in [-0.15, -0.1) is 0 Å². The second-order valence-electron chi connectivity index (χ2n) is 11.0. The Hall–Kier alpha value is -5.16. The summed E-state index contributed by atoms with van der Waals surface area (Å²) in [6, 6.07) is 25.0. The number of esters is 2. The van der Waals surface area contributed by atoms with Crippen LogP contribution in [0.4, 0.5) is 0 Å². The standard InChI is InChI=1S/C36H43N5O6/c42-33(17-15-31(40-23-7-8-24-40)35(44)46-27-29-11-3-1-4-12-29)38-21-19-37-20-22-39-34(43)18-16-32(41-25-9-10-26-41)36(45)47-28-30-13-5-2-6-14-30/h1-14,23-26,31-32,37H,15-22,27-28H2,(H,38,42)(H,39,43)/t31-,32-/m0/s1. The van der Waals surface area contributed by atoms with Crippen molar-refractivity contribution in [2.45, 2.75) is 51.0 Å². The van der Waals surface area contributed by atoms with Gasteiger partial charge in [-0.3, -0.25) is 9.59 Å². The molecule has 0 saturated carbocycles. The molecule has 2 aromatic heterocycles. The van der Waals surface area contributed by atoms with Crippen molar-refractivity contribution in [3.8, 4) is 0 Å². The first-order valence-corrected chi connectivity index (χ1v) is 15.9. The topological polar surface area (TPSA) is 133 Å². The smallest absolute Gasteiger partial charge is 0.329 e. The lowest BCUT2D eigenvalue weighted by Gasteiger charge is -2.18. The Morgan fingerprint density at radius 1 is 0.532 bits per heavy atom. The van der Waals surface area contributed by atoms with Crippen LogP contribution in [0.25, 0.3) is 0 Å². The van der Waals surface area contributed by atoms with Crippen molar-refractivity contribution in [2.75, 3.05) is 26.2 Å². The van der Waals surface area contributed by atoms with Gasteiger partial charge in [-0.1, -0.05) is 60.7 Å². The van der Waals surface area contributed by atoms with Crippen molar-refractivity contribution in [3.63, 3.8) is 0 Å². The Kier molecular flexibility index (Phi) is 14.3. The number of ether oxygens (including phenoxy) is 2. The van der Waals surface area contributed by atoms with Crippen molar-refractivity contribution in [3.05, 3.63) is 121 Å². The van der Waals surface area contributed by atoms with E-state index in [2.05, 4.69) is 16.0 Å². The molecule has 0 fully saturated rings. The van der Waals surface area contributed by atoms with Crippen LogP contribution in [0.2, 0.25) is 0 Å². The first-order valence-electron chi connectivity index (χ1n) is 15.9. The van der Waals surface area contributed by atoms with Gasteiger partial charge < -0.3 is 34.6 Å². The predicted molar refractivity (Wildman–Crippen MR) is 177 cm³/mol. The van der Waals surface area contributed by atoms with E-state index < -0.39 is 12.1 Å². The number of amides is 2. The van der Waals surface area contributed by atoms with E-state index >= 15 is 0 Å². The number of rotatable bonds is 20. The number of aromatic nitrogens is 2. The van der Waals surface area contributed by atoms with Crippen LogP contribution >= 0.6 is 0 Å².